The first-order valence-electron chi connectivity index (χ1n) is 8.74. The van der Waals surface area contributed by atoms with Gasteiger partial charge in [0.25, 0.3) is 0 Å². The average Bonchev–Trinajstić information content (AvgIpc) is 2.84. The largest absolute Gasteiger partial charge is 0.353 e. The highest BCUT2D eigenvalue weighted by Crippen LogP contribution is 2.14. The third-order valence-corrected chi connectivity index (χ3v) is 4.26. The van der Waals surface area contributed by atoms with Crippen molar-refractivity contribution in [3.05, 3.63) is 0 Å². The SMILES string of the molecule is CC#CCCN(CCC1OCCCCO1)C(=O)C(Cl)CCCC. The minimum absolute atomic E-state index is 0.00615. The van der Waals surface area contributed by atoms with Crippen LogP contribution in [0.4, 0.5) is 0 Å². The quantitative estimate of drug-likeness (QED) is 0.474. The van der Waals surface area contributed by atoms with E-state index in [4.69, 9.17) is 21.1 Å². The van der Waals surface area contributed by atoms with Crippen LogP contribution in [0.3, 0.4) is 0 Å². The molecular formula is C18H30ClNO3. The number of carbonyl (C=O) groups is 1. The van der Waals surface area contributed by atoms with E-state index in [0.717, 1.165) is 45.3 Å². The van der Waals surface area contributed by atoms with E-state index >= 15 is 0 Å². The van der Waals surface area contributed by atoms with Crippen molar-refractivity contribution in [2.45, 2.75) is 70.5 Å². The van der Waals surface area contributed by atoms with Crippen LogP contribution in [-0.4, -0.2) is 48.8 Å². The minimum atomic E-state index is -0.444. The lowest BCUT2D eigenvalue weighted by molar-refractivity contribution is -0.140. The molecule has 0 saturated carbocycles. The summed E-state index contributed by atoms with van der Waals surface area (Å²) in [5, 5.41) is -0.444. The molecule has 0 aliphatic carbocycles. The van der Waals surface area contributed by atoms with Gasteiger partial charge in [-0.2, -0.15) is 0 Å². The van der Waals surface area contributed by atoms with Crippen molar-refractivity contribution in [1.82, 2.24) is 4.90 Å². The zero-order valence-electron chi connectivity index (χ0n) is 14.5. The number of alkyl halides is 1. The van der Waals surface area contributed by atoms with Crippen molar-refractivity contribution in [3.8, 4) is 11.8 Å². The molecule has 0 aromatic carbocycles. The maximum Gasteiger partial charge on any atom is 0.240 e. The summed E-state index contributed by atoms with van der Waals surface area (Å²) in [6.45, 7) is 6.59. The van der Waals surface area contributed by atoms with E-state index in [-0.39, 0.29) is 12.2 Å². The highest BCUT2D eigenvalue weighted by atomic mass is 35.5. The molecule has 0 radical (unpaired) electrons. The molecule has 0 N–H and O–H groups in total. The van der Waals surface area contributed by atoms with Gasteiger partial charge >= 0.3 is 0 Å². The number of nitrogens with zero attached hydrogens (tertiary/aromatic N) is 1. The first-order valence-corrected chi connectivity index (χ1v) is 9.18. The average molecular weight is 344 g/mol. The van der Waals surface area contributed by atoms with Crippen molar-refractivity contribution in [1.29, 1.82) is 0 Å². The Morgan fingerprint density at radius 3 is 2.61 bits per heavy atom. The van der Waals surface area contributed by atoms with Crippen LogP contribution in [0.15, 0.2) is 0 Å². The predicted molar refractivity (Wildman–Crippen MR) is 93.4 cm³/mol. The number of hydrogen-bond acceptors (Lipinski definition) is 3. The molecule has 1 rings (SSSR count). The second kappa shape index (κ2) is 12.6. The van der Waals surface area contributed by atoms with E-state index in [9.17, 15) is 4.79 Å². The molecule has 1 atom stereocenters. The maximum absolute atomic E-state index is 12.5. The summed E-state index contributed by atoms with van der Waals surface area (Å²) >= 11 is 6.28. The Kier molecular flexibility index (Phi) is 11.1. The van der Waals surface area contributed by atoms with Crippen LogP contribution in [0.2, 0.25) is 0 Å². The lowest BCUT2D eigenvalue weighted by Crippen LogP contribution is -2.39. The Morgan fingerprint density at radius 2 is 2.00 bits per heavy atom. The molecule has 5 heteroatoms. The van der Waals surface area contributed by atoms with Crippen molar-refractivity contribution >= 4 is 17.5 Å². The van der Waals surface area contributed by atoms with Gasteiger partial charge in [0.2, 0.25) is 5.91 Å². The summed E-state index contributed by atoms with van der Waals surface area (Å²) in [4.78, 5) is 14.4. The van der Waals surface area contributed by atoms with Crippen LogP contribution in [0.25, 0.3) is 0 Å². The number of rotatable bonds is 9. The van der Waals surface area contributed by atoms with Crippen molar-refractivity contribution < 1.29 is 14.3 Å². The van der Waals surface area contributed by atoms with Gasteiger partial charge in [0.1, 0.15) is 5.38 Å². The Morgan fingerprint density at radius 1 is 1.30 bits per heavy atom. The molecule has 23 heavy (non-hydrogen) atoms. The van der Waals surface area contributed by atoms with E-state index in [1.165, 1.54) is 0 Å². The van der Waals surface area contributed by atoms with Crippen LogP contribution >= 0.6 is 11.6 Å². The Hall–Kier alpha value is -0.760. The number of amides is 1. The lowest BCUT2D eigenvalue weighted by Gasteiger charge is -2.26. The fourth-order valence-electron chi connectivity index (χ4n) is 2.46. The van der Waals surface area contributed by atoms with E-state index in [1.54, 1.807) is 0 Å². The highest BCUT2D eigenvalue weighted by molar-refractivity contribution is 6.30. The zero-order chi connectivity index (χ0) is 16.9. The summed E-state index contributed by atoms with van der Waals surface area (Å²) in [5.74, 6) is 5.89. The van der Waals surface area contributed by atoms with E-state index in [2.05, 4.69) is 18.8 Å². The molecule has 1 fully saturated rings. The van der Waals surface area contributed by atoms with Gasteiger partial charge in [-0.15, -0.1) is 23.4 Å². The molecule has 1 aliphatic heterocycles. The summed E-state index contributed by atoms with van der Waals surface area (Å²) in [6, 6.07) is 0. The molecule has 1 saturated heterocycles. The molecular weight excluding hydrogens is 314 g/mol. The van der Waals surface area contributed by atoms with Gasteiger partial charge in [-0.3, -0.25) is 4.79 Å². The first kappa shape index (κ1) is 20.3. The third kappa shape index (κ3) is 8.60. The van der Waals surface area contributed by atoms with E-state index in [1.807, 2.05) is 11.8 Å². The second-order valence-electron chi connectivity index (χ2n) is 5.78. The van der Waals surface area contributed by atoms with E-state index < -0.39 is 5.38 Å². The zero-order valence-corrected chi connectivity index (χ0v) is 15.2. The van der Waals surface area contributed by atoms with Crippen molar-refractivity contribution in [3.63, 3.8) is 0 Å². The van der Waals surface area contributed by atoms with Crippen LogP contribution in [0, 0.1) is 11.8 Å². The van der Waals surface area contributed by atoms with Gasteiger partial charge < -0.3 is 14.4 Å². The number of carbonyl (C=O) groups excluding carboxylic acids is 1. The molecule has 132 valence electrons. The van der Waals surface area contributed by atoms with Gasteiger partial charge in [0, 0.05) is 39.1 Å². The maximum atomic E-state index is 12.5. The minimum Gasteiger partial charge on any atom is -0.353 e. The monoisotopic (exact) mass is 343 g/mol. The van der Waals surface area contributed by atoms with Crippen LogP contribution in [0.5, 0.6) is 0 Å². The fourth-order valence-corrected chi connectivity index (χ4v) is 2.75. The molecule has 0 bridgehead atoms. The van der Waals surface area contributed by atoms with Crippen LogP contribution < -0.4 is 0 Å². The summed E-state index contributed by atoms with van der Waals surface area (Å²) < 4.78 is 11.3. The van der Waals surface area contributed by atoms with Gasteiger partial charge in [-0.25, -0.2) is 0 Å². The first-order chi connectivity index (χ1) is 11.2. The fraction of sp³-hybridized carbons (Fsp3) is 0.833. The van der Waals surface area contributed by atoms with Gasteiger partial charge in [-0.05, 0) is 26.2 Å². The highest BCUT2D eigenvalue weighted by Gasteiger charge is 2.23. The Bertz CT molecular complexity index is 383. The lowest BCUT2D eigenvalue weighted by atomic mass is 10.1. The second-order valence-corrected chi connectivity index (χ2v) is 6.31. The molecule has 1 heterocycles. The molecule has 4 nitrogen and oxygen atoms in total. The predicted octanol–water partition coefficient (Wildman–Crippen LogP) is 3.57. The smallest absolute Gasteiger partial charge is 0.240 e. The van der Waals surface area contributed by atoms with Crippen molar-refractivity contribution in [2.75, 3.05) is 26.3 Å². The number of halogens is 1. The molecule has 0 aromatic rings. The van der Waals surface area contributed by atoms with Crippen LogP contribution in [-0.2, 0) is 14.3 Å². The third-order valence-electron chi connectivity index (χ3n) is 3.86. The summed E-state index contributed by atoms with van der Waals surface area (Å²) in [7, 11) is 0. The molecule has 0 aromatic heterocycles. The molecule has 1 unspecified atom stereocenters. The summed E-state index contributed by atoms with van der Waals surface area (Å²) in [5.41, 5.74) is 0. The number of unbranched alkanes of at least 4 members (excludes halogenated alkanes) is 1. The van der Waals surface area contributed by atoms with Gasteiger partial charge in [0.05, 0.1) is 0 Å². The van der Waals surface area contributed by atoms with Crippen LogP contribution in [0.1, 0.15) is 58.8 Å². The normalized spacial score (nSPS) is 17.0. The molecule has 1 amide bonds. The molecule has 0 spiro atoms. The van der Waals surface area contributed by atoms with Gasteiger partial charge in [0.15, 0.2) is 6.29 Å². The topological polar surface area (TPSA) is 38.8 Å². The number of ether oxygens (including phenoxy) is 2. The van der Waals surface area contributed by atoms with Gasteiger partial charge in [-0.1, -0.05) is 19.8 Å². The standard InChI is InChI=1S/C18H30ClNO3/c1-3-5-7-12-20(18(21)16(19)10-6-4-2)13-11-17-22-14-8-9-15-23-17/h16-17H,4,6-15H2,1-2H3. The van der Waals surface area contributed by atoms with E-state index in [0.29, 0.717) is 25.9 Å². The molecule has 1 aliphatic rings. The Labute approximate surface area is 145 Å². The number of hydrogen-bond donors (Lipinski definition) is 0. The Balaban J connectivity index is 2.51. The summed E-state index contributed by atoms with van der Waals surface area (Å²) in [6.07, 6.45) is 5.95. The van der Waals surface area contributed by atoms with Crippen molar-refractivity contribution in [2.24, 2.45) is 0 Å².